The molecular weight excluding hydrogens is 909 g/mol. The number of hydrogen-bond donors (Lipinski definition) is 0. The maximum Gasteiger partial charge on any atom is 0.129 e. The summed E-state index contributed by atoms with van der Waals surface area (Å²) >= 11 is 0. The smallest absolute Gasteiger partial charge is 0.129 e. The molecule has 9 rings (SSSR count). The standard InChI is InChI=1S/C39H40NO.C17H20N.Ir/c1-24-23-40-34(21-29(24)22-38(2,3)4)33-9-7-8-31-32-15-12-26-10-11-28-20-27(25-16-18-39(5,6)19-17-25)13-14-30(28)35(26)37(32)41-36(31)33;1-13-5-8-15(9-6-13)16-10-7-14(12-18-16)11-17(2,3)4;/h7-8,10-15,20-21,23,25H,16-19,22H2,1-6H3;5-8,10,12H,11H2,1-4H3;/q2*-1;/i1D3,22D2,25D;1D3,11D2;. The molecule has 60 heavy (non-hydrogen) atoms. The van der Waals surface area contributed by atoms with Gasteiger partial charge < -0.3 is 14.4 Å². The molecule has 1 aliphatic carbocycles. The predicted octanol–water partition coefficient (Wildman–Crippen LogP) is 15.8. The van der Waals surface area contributed by atoms with Crippen LogP contribution in [0, 0.1) is 42.1 Å². The van der Waals surface area contributed by atoms with Gasteiger partial charge in [0, 0.05) is 58.3 Å². The van der Waals surface area contributed by atoms with E-state index < -0.39 is 43.2 Å². The first kappa shape index (κ1) is 31.3. The number of furan rings is 1. The number of aryl methyl sites for hydroxylation is 2. The molecule has 0 bridgehead atoms. The summed E-state index contributed by atoms with van der Waals surface area (Å²) in [7, 11) is 0. The zero-order valence-electron chi connectivity index (χ0n) is 46.8. The quantitative estimate of drug-likeness (QED) is 0.127. The number of hydrogen-bond acceptors (Lipinski definition) is 3. The van der Waals surface area contributed by atoms with Crippen molar-refractivity contribution in [3.05, 3.63) is 143 Å². The SMILES string of the molecule is [2H]C([2H])([2H])c1c[c-]c(-c2ccc(C([2H])([2H])C(C)(C)C)cn2)cc1.[2H]C([2H])([2H])c1cnc(-c2[c-]ccc3c2oc2c3ccc3ccc4cc(C5([2H])CCC(C)(C)CC5)ccc4c32)cc1C([2H])([2H])C(C)(C)C.[Ir]. The second kappa shape index (κ2) is 17.0. The number of rotatable bonds is 5. The molecule has 0 N–H and O–H groups in total. The van der Waals surface area contributed by atoms with Crippen molar-refractivity contribution >= 4 is 43.5 Å². The molecule has 3 aromatic heterocycles. The number of benzene rings is 5. The van der Waals surface area contributed by atoms with Crippen molar-refractivity contribution in [2.75, 3.05) is 0 Å². The molecule has 1 saturated carbocycles. The van der Waals surface area contributed by atoms with Crippen LogP contribution in [0.4, 0.5) is 0 Å². The fourth-order valence-corrected chi connectivity index (χ4v) is 8.02. The fraction of sp³-hybridized carbons (Fsp3) is 0.357. The van der Waals surface area contributed by atoms with Crippen LogP contribution in [0.5, 0.6) is 0 Å². The van der Waals surface area contributed by atoms with Gasteiger partial charge in [0.15, 0.2) is 0 Å². The number of nitrogens with zero attached hydrogens (tertiary/aromatic N) is 2. The summed E-state index contributed by atoms with van der Waals surface area (Å²) in [6, 6.07) is 34.5. The first-order valence-corrected chi connectivity index (χ1v) is 20.6. The Kier molecular flexibility index (Phi) is 8.87. The van der Waals surface area contributed by atoms with Gasteiger partial charge in [0.2, 0.25) is 0 Å². The van der Waals surface area contributed by atoms with Crippen molar-refractivity contribution in [2.45, 2.75) is 113 Å². The summed E-state index contributed by atoms with van der Waals surface area (Å²) in [5, 5.41) is 5.98. The zero-order chi connectivity index (χ0) is 51.2. The number of aromatic nitrogens is 2. The molecule has 0 unspecified atom stereocenters. The Labute approximate surface area is 387 Å². The zero-order valence-corrected chi connectivity index (χ0v) is 38.2. The van der Waals surface area contributed by atoms with Crippen LogP contribution in [0.3, 0.4) is 0 Å². The van der Waals surface area contributed by atoms with Crippen molar-refractivity contribution < 1.29 is 39.6 Å². The Morgan fingerprint density at radius 2 is 1.47 bits per heavy atom. The van der Waals surface area contributed by atoms with Crippen molar-refractivity contribution in [1.29, 1.82) is 0 Å². The Bertz CT molecular complexity index is 3240. The van der Waals surface area contributed by atoms with Crippen LogP contribution in [-0.4, -0.2) is 9.97 Å². The topological polar surface area (TPSA) is 38.9 Å². The number of fused-ring (bicyclic) bond motifs is 7. The van der Waals surface area contributed by atoms with Gasteiger partial charge in [0.1, 0.15) is 5.58 Å². The molecule has 8 aromatic rings. The first-order chi connectivity index (χ1) is 32.3. The van der Waals surface area contributed by atoms with Crippen LogP contribution in [-0.2, 0) is 32.9 Å². The van der Waals surface area contributed by atoms with E-state index in [2.05, 4.69) is 78.4 Å². The second-order valence-corrected chi connectivity index (χ2v) is 18.8. The van der Waals surface area contributed by atoms with Gasteiger partial charge in [-0.05, 0) is 112 Å². The van der Waals surface area contributed by atoms with E-state index in [-0.39, 0.29) is 42.2 Å². The molecule has 3 heterocycles. The molecule has 3 nitrogen and oxygen atoms in total. The van der Waals surface area contributed by atoms with E-state index in [1.54, 1.807) is 51.1 Å². The van der Waals surface area contributed by atoms with Gasteiger partial charge in [0.25, 0.3) is 0 Å². The Morgan fingerprint density at radius 1 is 0.750 bits per heavy atom. The van der Waals surface area contributed by atoms with E-state index in [0.29, 0.717) is 33.7 Å². The van der Waals surface area contributed by atoms with Crippen LogP contribution >= 0.6 is 0 Å². The monoisotopic (exact) mass is 981 g/mol. The van der Waals surface area contributed by atoms with E-state index >= 15 is 0 Å². The molecule has 0 atom stereocenters. The molecule has 1 radical (unpaired) electrons. The minimum Gasteiger partial charge on any atom is -0.500 e. The molecule has 4 heteroatoms. The minimum atomic E-state index is -2.53. The van der Waals surface area contributed by atoms with E-state index in [1.807, 2.05) is 32.9 Å². The maximum absolute atomic E-state index is 9.34. The van der Waals surface area contributed by atoms with Gasteiger partial charge in [-0.3, -0.25) is 0 Å². The summed E-state index contributed by atoms with van der Waals surface area (Å²) in [6.07, 6.45) is 3.17. The van der Waals surface area contributed by atoms with Gasteiger partial charge in [-0.2, -0.15) is 0 Å². The molecule has 5 aromatic carbocycles. The predicted molar refractivity (Wildman–Crippen MR) is 250 cm³/mol. The average molecular weight is 980 g/mol. The molecule has 0 saturated heterocycles. The van der Waals surface area contributed by atoms with E-state index in [9.17, 15) is 1.37 Å². The Hall–Kier alpha value is -4.63. The van der Waals surface area contributed by atoms with Crippen LogP contribution in [0.1, 0.15) is 130 Å². The van der Waals surface area contributed by atoms with Gasteiger partial charge in [-0.1, -0.05) is 139 Å². The third kappa shape index (κ3) is 9.62. The summed E-state index contributed by atoms with van der Waals surface area (Å²) < 4.78 is 96.9. The van der Waals surface area contributed by atoms with Crippen LogP contribution in [0.2, 0.25) is 0 Å². The second-order valence-electron chi connectivity index (χ2n) is 18.8. The van der Waals surface area contributed by atoms with Gasteiger partial charge >= 0.3 is 0 Å². The van der Waals surface area contributed by atoms with Crippen molar-refractivity contribution in [3.63, 3.8) is 0 Å². The van der Waals surface area contributed by atoms with Crippen LogP contribution < -0.4 is 0 Å². The molecule has 0 aliphatic heterocycles. The van der Waals surface area contributed by atoms with Gasteiger partial charge in [0.05, 0.1) is 5.58 Å². The minimum absolute atomic E-state index is 0. The fourth-order valence-electron chi connectivity index (χ4n) is 8.02. The molecule has 1 fully saturated rings. The van der Waals surface area contributed by atoms with Crippen molar-refractivity contribution in [1.82, 2.24) is 9.97 Å². The molecule has 1 aliphatic rings. The largest absolute Gasteiger partial charge is 0.500 e. The van der Waals surface area contributed by atoms with Crippen molar-refractivity contribution in [2.24, 2.45) is 16.2 Å². The first-order valence-electron chi connectivity index (χ1n) is 26.1. The summed E-state index contributed by atoms with van der Waals surface area (Å²) in [5.41, 5.74) is 4.27. The number of pyridine rings is 2. The van der Waals surface area contributed by atoms with E-state index in [4.69, 9.17) is 18.1 Å². The molecular formula is C56H60IrN2O-2. The normalized spacial score (nSPS) is 18.8. The molecule has 311 valence electrons. The Morgan fingerprint density at radius 3 is 2.15 bits per heavy atom. The summed E-state index contributed by atoms with van der Waals surface area (Å²) in [5.74, 6) is -0.585. The molecule has 0 amide bonds. The van der Waals surface area contributed by atoms with E-state index in [1.165, 1.54) is 18.5 Å². The maximum atomic E-state index is 9.34. The van der Waals surface area contributed by atoms with Crippen LogP contribution in [0.15, 0.2) is 108 Å². The summed E-state index contributed by atoms with van der Waals surface area (Å²) in [6.45, 7) is 10.8. The summed E-state index contributed by atoms with van der Waals surface area (Å²) in [4.78, 5) is 8.85. The molecule has 0 spiro atoms. The third-order valence-corrected chi connectivity index (χ3v) is 11.1. The van der Waals surface area contributed by atoms with Gasteiger partial charge in [-0.25, -0.2) is 0 Å². The van der Waals surface area contributed by atoms with Crippen molar-refractivity contribution in [3.8, 4) is 22.5 Å². The Balaban J connectivity index is 0.000000261. The average Bonchev–Trinajstić information content (AvgIpc) is 3.68. The van der Waals surface area contributed by atoms with Crippen LogP contribution in [0.25, 0.3) is 66.0 Å². The van der Waals surface area contributed by atoms with E-state index in [0.717, 1.165) is 69.1 Å². The van der Waals surface area contributed by atoms with Gasteiger partial charge in [-0.15, -0.1) is 53.6 Å². The third-order valence-electron chi connectivity index (χ3n) is 11.1.